The number of rotatable bonds is 6. The summed E-state index contributed by atoms with van der Waals surface area (Å²) in [4.78, 5) is 11.6. The molecule has 1 aliphatic rings. The molecule has 1 aliphatic heterocycles. The van der Waals surface area contributed by atoms with Crippen LogP contribution in [0.2, 0.25) is 5.02 Å². The molecule has 0 bridgehead atoms. The average molecular weight is 300 g/mol. The Balaban J connectivity index is 1.67. The molecule has 1 unspecified atom stereocenters. The number of carbonyl (C=O) groups is 1. The lowest BCUT2D eigenvalue weighted by molar-refractivity contribution is -0.122. The zero-order chi connectivity index (χ0) is 14.4. The number of nitrogens with one attached hydrogen (secondary N) is 1. The second kappa shape index (κ2) is 6.92. The minimum Gasteiger partial charge on any atom is -0.491 e. The lowest BCUT2D eigenvalue weighted by Crippen LogP contribution is -2.43. The van der Waals surface area contributed by atoms with Crippen molar-refractivity contribution >= 4 is 17.5 Å². The van der Waals surface area contributed by atoms with Crippen LogP contribution in [-0.2, 0) is 9.53 Å². The largest absolute Gasteiger partial charge is 0.491 e. The van der Waals surface area contributed by atoms with E-state index in [4.69, 9.17) is 21.1 Å². The molecule has 0 spiro atoms. The third kappa shape index (κ3) is 4.37. The van der Waals surface area contributed by atoms with Gasteiger partial charge in [0.2, 0.25) is 5.91 Å². The second-order valence-corrected chi connectivity index (χ2v) is 5.24. The first kappa shape index (κ1) is 15.1. The first-order valence-electron chi connectivity index (χ1n) is 6.53. The maximum Gasteiger partial charge on any atom is 0.223 e. The van der Waals surface area contributed by atoms with Gasteiger partial charge in [-0.3, -0.25) is 4.79 Å². The number of amides is 1. The topological polar surface area (TPSA) is 67.8 Å². The van der Waals surface area contributed by atoms with Crippen LogP contribution in [0.5, 0.6) is 5.75 Å². The SMILES string of the molecule is O=C(CCOc1ccccc1Cl)NCC1(O)CCOC1. The van der Waals surface area contributed by atoms with Crippen molar-refractivity contribution in [2.24, 2.45) is 0 Å². The van der Waals surface area contributed by atoms with E-state index in [-0.39, 0.29) is 32.1 Å². The molecule has 0 saturated carbocycles. The van der Waals surface area contributed by atoms with E-state index in [1.807, 2.05) is 12.1 Å². The van der Waals surface area contributed by atoms with Crippen LogP contribution in [0.3, 0.4) is 0 Å². The Morgan fingerprint density at radius 3 is 3.00 bits per heavy atom. The van der Waals surface area contributed by atoms with E-state index in [1.165, 1.54) is 0 Å². The van der Waals surface area contributed by atoms with E-state index in [0.717, 1.165) is 0 Å². The van der Waals surface area contributed by atoms with E-state index in [0.29, 0.717) is 23.8 Å². The highest BCUT2D eigenvalue weighted by molar-refractivity contribution is 6.32. The smallest absolute Gasteiger partial charge is 0.223 e. The Hall–Kier alpha value is -1.30. The number of ether oxygens (including phenoxy) is 2. The van der Waals surface area contributed by atoms with Crippen LogP contribution >= 0.6 is 11.6 Å². The van der Waals surface area contributed by atoms with Gasteiger partial charge >= 0.3 is 0 Å². The van der Waals surface area contributed by atoms with Gasteiger partial charge < -0.3 is 19.9 Å². The van der Waals surface area contributed by atoms with E-state index < -0.39 is 5.60 Å². The van der Waals surface area contributed by atoms with Crippen molar-refractivity contribution in [2.45, 2.75) is 18.4 Å². The van der Waals surface area contributed by atoms with Gasteiger partial charge in [0, 0.05) is 19.6 Å². The summed E-state index contributed by atoms with van der Waals surface area (Å²) in [6.07, 6.45) is 0.756. The van der Waals surface area contributed by atoms with Gasteiger partial charge in [0.05, 0.1) is 24.7 Å². The van der Waals surface area contributed by atoms with Crippen LogP contribution in [0.1, 0.15) is 12.8 Å². The van der Waals surface area contributed by atoms with Crippen molar-refractivity contribution in [3.8, 4) is 5.75 Å². The van der Waals surface area contributed by atoms with E-state index in [2.05, 4.69) is 5.32 Å². The van der Waals surface area contributed by atoms with Gasteiger partial charge in [-0.25, -0.2) is 0 Å². The van der Waals surface area contributed by atoms with Crippen molar-refractivity contribution in [2.75, 3.05) is 26.4 Å². The minimum atomic E-state index is -0.931. The highest BCUT2D eigenvalue weighted by atomic mass is 35.5. The molecule has 2 rings (SSSR count). The molecule has 0 radical (unpaired) electrons. The van der Waals surface area contributed by atoms with Crippen LogP contribution in [0.15, 0.2) is 24.3 Å². The van der Waals surface area contributed by atoms with Crippen molar-refractivity contribution in [1.82, 2.24) is 5.32 Å². The average Bonchev–Trinajstić information content (AvgIpc) is 2.86. The standard InChI is InChI=1S/C14H18ClNO4/c15-11-3-1-2-4-12(11)20-7-5-13(17)16-9-14(18)6-8-19-10-14/h1-4,18H,5-10H2,(H,16,17). The normalized spacial score (nSPS) is 21.7. The maximum atomic E-state index is 11.6. The molecule has 1 atom stereocenters. The molecule has 1 heterocycles. The van der Waals surface area contributed by atoms with Gasteiger partial charge in [0.25, 0.3) is 0 Å². The maximum absolute atomic E-state index is 11.6. The van der Waals surface area contributed by atoms with Crippen molar-refractivity contribution < 1.29 is 19.4 Å². The molecule has 1 saturated heterocycles. The first-order chi connectivity index (χ1) is 9.59. The Labute approximate surface area is 122 Å². The summed E-state index contributed by atoms with van der Waals surface area (Å²) in [5.74, 6) is 0.391. The number of aliphatic hydroxyl groups is 1. The molecule has 1 aromatic carbocycles. The fourth-order valence-electron chi connectivity index (χ4n) is 1.90. The highest BCUT2D eigenvalue weighted by Crippen LogP contribution is 2.23. The van der Waals surface area contributed by atoms with Crippen molar-refractivity contribution in [3.63, 3.8) is 0 Å². The first-order valence-corrected chi connectivity index (χ1v) is 6.91. The number of para-hydroxylation sites is 1. The monoisotopic (exact) mass is 299 g/mol. The number of benzene rings is 1. The number of hydrogen-bond acceptors (Lipinski definition) is 4. The third-order valence-corrected chi connectivity index (χ3v) is 3.43. The highest BCUT2D eigenvalue weighted by Gasteiger charge is 2.32. The van der Waals surface area contributed by atoms with E-state index in [9.17, 15) is 9.90 Å². The molecule has 110 valence electrons. The summed E-state index contributed by atoms with van der Waals surface area (Å²) in [5, 5.41) is 13.2. The lowest BCUT2D eigenvalue weighted by atomic mass is 10.0. The quantitative estimate of drug-likeness (QED) is 0.833. The van der Waals surface area contributed by atoms with Gasteiger partial charge in [0.15, 0.2) is 0 Å². The third-order valence-electron chi connectivity index (χ3n) is 3.12. The van der Waals surface area contributed by atoms with Gasteiger partial charge in [-0.15, -0.1) is 0 Å². The van der Waals surface area contributed by atoms with Crippen molar-refractivity contribution in [1.29, 1.82) is 0 Å². The number of hydrogen-bond donors (Lipinski definition) is 2. The summed E-state index contributed by atoms with van der Waals surface area (Å²) in [6.45, 7) is 1.24. The predicted octanol–water partition coefficient (Wildman–Crippen LogP) is 1.38. The summed E-state index contributed by atoms with van der Waals surface area (Å²) >= 11 is 5.93. The molecule has 6 heteroatoms. The van der Waals surface area contributed by atoms with Crippen LogP contribution in [0.25, 0.3) is 0 Å². The molecule has 0 aromatic heterocycles. The van der Waals surface area contributed by atoms with Gasteiger partial charge in [-0.2, -0.15) is 0 Å². The van der Waals surface area contributed by atoms with Crippen LogP contribution < -0.4 is 10.1 Å². The van der Waals surface area contributed by atoms with Crippen LogP contribution in [0.4, 0.5) is 0 Å². The zero-order valence-corrected chi connectivity index (χ0v) is 11.9. The summed E-state index contributed by atoms with van der Waals surface area (Å²) < 4.78 is 10.5. The Morgan fingerprint density at radius 1 is 1.50 bits per heavy atom. The number of halogens is 1. The zero-order valence-electron chi connectivity index (χ0n) is 11.1. The molecule has 1 aromatic rings. The molecule has 5 nitrogen and oxygen atoms in total. The molecule has 20 heavy (non-hydrogen) atoms. The van der Waals surface area contributed by atoms with Gasteiger partial charge in [-0.05, 0) is 12.1 Å². The van der Waals surface area contributed by atoms with Crippen molar-refractivity contribution in [3.05, 3.63) is 29.3 Å². The predicted molar refractivity (Wildman–Crippen MR) is 75.0 cm³/mol. The fraction of sp³-hybridized carbons (Fsp3) is 0.500. The summed E-state index contributed by atoms with van der Waals surface area (Å²) in [6, 6.07) is 7.11. The Morgan fingerprint density at radius 2 is 2.30 bits per heavy atom. The Kier molecular flexibility index (Phi) is 5.23. The second-order valence-electron chi connectivity index (χ2n) is 4.83. The molecule has 1 amide bonds. The summed E-state index contributed by atoms with van der Waals surface area (Å²) in [7, 11) is 0. The molecule has 0 aliphatic carbocycles. The van der Waals surface area contributed by atoms with E-state index in [1.54, 1.807) is 12.1 Å². The lowest BCUT2D eigenvalue weighted by Gasteiger charge is -2.20. The van der Waals surface area contributed by atoms with E-state index >= 15 is 0 Å². The van der Waals surface area contributed by atoms with Gasteiger partial charge in [-0.1, -0.05) is 23.7 Å². The minimum absolute atomic E-state index is 0.169. The molecule has 2 N–H and O–H groups in total. The van der Waals surface area contributed by atoms with Crippen LogP contribution in [-0.4, -0.2) is 43.0 Å². The molecular weight excluding hydrogens is 282 g/mol. The summed E-state index contributed by atoms with van der Waals surface area (Å²) in [5.41, 5.74) is -0.931. The van der Waals surface area contributed by atoms with Crippen LogP contribution in [0, 0.1) is 0 Å². The van der Waals surface area contributed by atoms with Gasteiger partial charge in [0.1, 0.15) is 11.4 Å². The fourth-order valence-corrected chi connectivity index (χ4v) is 2.09. The number of carbonyl (C=O) groups excluding carboxylic acids is 1. The molecule has 1 fully saturated rings. The Bertz CT molecular complexity index is 460. The molecular formula is C14H18ClNO4.